The molecule has 0 fully saturated rings. The normalized spacial score (nSPS) is 10.4. The summed E-state index contributed by atoms with van der Waals surface area (Å²) in [5.41, 5.74) is 1.58. The van der Waals surface area contributed by atoms with Crippen LogP contribution in [0.25, 0.3) is 0 Å². The molecule has 94 valence electrons. The van der Waals surface area contributed by atoms with Crippen LogP contribution in [0, 0.1) is 12.7 Å². The number of halogens is 3. The smallest absolute Gasteiger partial charge is 0.322 e. The van der Waals surface area contributed by atoms with Gasteiger partial charge in [-0.25, -0.2) is 9.37 Å². The van der Waals surface area contributed by atoms with Crippen LogP contribution in [-0.4, -0.2) is 9.97 Å². The summed E-state index contributed by atoms with van der Waals surface area (Å²) in [6.07, 6.45) is 1.60. The van der Waals surface area contributed by atoms with E-state index in [1.807, 2.05) is 6.92 Å². The summed E-state index contributed by atoms with van der Waals surface area (Å²) in [6.45, 7) is 1.81. The van der Waals surface area contributed by atoms with Crippen molar-refractivity contribution >= 4 is 27.5 Å². The van der Waals surface area contributed by atoms with Crippen LogP contribution in [0.15, 0.2) is 28.9 Å². The third-order valence-corrected chi connectivity index (χ3v) is 2.99. The molecule has 0 aliphatic heterocycles. The fourth-order valence-electron chi connectivity index (χ4n) is 1.34. The molecule has 6 heteroatoms. The van der Waals surface area contributed by atoms with Gasteiger partial charge >= 0.3 is 6.01 Å². The van der Waals surface area contributed by atoms with Crippen molar-refractivity contribution in [1.29, 1.82) is 0 Å². The second kappa shape index (κ2) is 5.63. The average molecular weight is 332 g/mol. The third-order valence-electron chi connectivity index (χ3n) is 2.25. The predicted octanol–water partition coefficient (Wildman–Crippen LogP) is 4.22. The summed E-state index contributed by atoms with van der Waals surface area (Å²) in [5.74, 6) is 0.283. The number of nitrogens with zero attached hydrogens (tertiary/aromatic N) is 2. The summed E-state index contributed by atoms with van der Waals surface area (Å²) in [5, 5.41) is 0. The molecule has 0 aliphatic carbocycles. The maximum atomic E-state index is 13.2. The molecule has 18 heavy (non-hydrogen) atoms. The van der Waals surface area contributed by atoms with Crippen molar-refractivity contribution in [2.75, 3.05) is 0 Å². The van der Waals surface area contributed by atoms with Gasteiger partial charge in [-0.2, -0.15) is 4.98 Å². The van der Waals surface area contributed by atoms with Crippen LogP contribution >= 0.6 is 27.5 Å². The van der Waals surface area contributed by atoms with E-state index in [4.69, 9.17) is 16.3 Å². The first-order valence-corrected chi connectivity index (χ1v) is 6.43. The van der Waals surface area contributed by atoms with E-state index < -0.39 is 5.82 Å². The fraction of sp³-hybridized carbons (Fsp3) is 0.167. The Morgan fingerprint density at radius 2 is 2.17 bits per heavy atom. The standard InChI is InChI=1S/C12H9BrClFN2O/c1-7-8(5-14)6-16-12(17-7)18-11-3-9(13)2-10(15)4-11/h2-4,6H,5H2,1H3. The summed E-state index contributed by atoms with van der Waals surface area (Å²) >= 11 is 8.90. The predicted molar refractivity (Wildman–Crippen MR) is 70.5 cm³/mol. The molecule has 0 spiro atoms. The highest BCUT2D eigenvalue weighted by molar-refractivity contribution is 9.10. The van der Waals surface area contributed by atoms with Crippen molar-refractivity contribution in [3.05, 3.63) is 45.9 Å². The van der Waals surface area contributed by atoms with Gasteiger partial charge in [0.15, 0.2) is 0 Å². The highest BCUT2D eigenvalue weighted by atomic mass is 79.9. The molecule has 1 aromatic heterocycles. The molecule has 0 atom stereocenters. The second-order valence-corrected chi connectivity index (χ2v) is 4.79. The van der Waals surface area contributed by atoms with Gasteiger partial charge in [0.25, 0.3) is 0 Å². The van der Waals surface area contributed by atoms with Crippen LogP contribution < -0.4 is 4.74 Å². The van der Waals surface area contributed by atoms with Crippen molar-refractivity contribution in [1.82, 2.24) is 9.97 Å². The third kappa shape index (κ3) is 3.17. The lowest BCUT2D eigenvalue weighted by atomic mass is 10.3. The van der Waals surface area contributed by atoms with Gasteiger partial charge in [0.2, 0.25) is 0 Å². The molecule has 0 aliphatic rings. The first kappa shape index (κ1) is 13.2. The Morgan fingerprint density at radius 3 is 2.78 bits per heavy atom. The lowest BCUT2D eigenvalue weighted by Gasteiger charge is -2.06. The molecular weight excluding hydrogens is 322 g/mol. The summed E-state index contributed by atoms with van der Waals surface area (Å²) in [4.78, 5) is 8.15. The van der Waals surface area contributed by atoms with Crippen molar-refractivity contribution in [3.63, 3.8) is 0 Å². The molecule has 0 radical (unpaired) electrons. The molecule has 3 nitrogen and oxygen atoms in total. The monoisotopic (exact) mass is 330 g/mol. The summed E-state index contributed by atoms with van der Waals surface area (Å²) in [6, 6.07) is 4.41. The minimum atomic E-state index is -0.395. The van der Waals surface area contributed by atoms with Gasteiger partial charge in [-0.05, 0) is 19.1 Å². The molecule has 0 amide bonds. The number of rotatable bonds is 3. The highest BCUT2D eigenvalue weighted by Crippen LogP contribution is 2.24. The van der Waals surface area contributed by atoms with Crippen molar-refractivity contribution in [2.45, 2.75) is 12.8 Å². The quantitative estimate of drug-likeness (QED) is 0.790. The first-order chi connectivity index (χ1) is 8.58. The summed E-state index contributed by atoms with van der Waals surface area (Å²) in [7, 11) is 0. The topological polar surface area (TPSA) is 35.0 Å². The largest absolute Gasteiger partial charge is 0.424 e. The van der Waals surface area contributed by atoms with Crippen molar-refractivity contribution in [2.24, 2.45) is 0 Å². The minimum absolute atomic E-state index is 0.166. The van der Waals surface area contributed by atoms with E-state index in [9.17, 15) is 4.39 Å². The summed E-state index contributed by atoms with van der Waals surface area (Å²) < 4.78 is 19.1. The number of aromatic nitrogens is 2. The molecule has 0 saturated heterocycles. The molecule has 2 aromatic rings. The molecule has 0 N–H and O–H groups in total. The second-order valence-electron chi connectivity index (χ2n) is 3.60. The van der Waals surface area contributed by atoms with Gasteiger partial charge in [-0.3, -0.25) is 0 Å². The zero-order chi connectivity index (χ0) is 13.1. The van der Waals surface area contributed by atoms with Crippen LogP contribution in [0.5, 0.6) is 11.8 Å². The Balaban J connectivity index is 2.25. The van der Waals surface area contributed by atoms with Crippen LogP contribution in [0.2, 0.25) is 0 Å². The number of hydrogen-bond acceptors (Lipinski definition) is 3. The molecule has 2 rings (SSSR count). The van der Waals surface area contributed by atoms with E-state index in [0.717, 1.165) is 11.3 Å². The Bertz CT molecular complexity index is 560. The van der Waals surface area contributed by atoms with Gasteiger partial charge < -0.3 is 4.74 Å². The molecule has 0 saturated carbocycles. The lowest BCUT2D eigenvalue weighted by Crippen LogP contribution is -1.97. The molecule has 0 unspecified atom stereocenters. The number of ether oxygens (including phenoxy) is 1. The van der Waals surface area contributed by atoms with Crippen LogP contribution in [-0.2, 0) is 5.88 Å². The van der Waals surface area contributed by atoms with Gasteiger partial charge in [0, 0.05) is 28.0 Å². The van der Waals surface area contributed by atoms with Crippen LogP contribution in [0.3, 0.4) is 0 Å². The van der Waals surface area contributed by atoms with Crippen LogP contribution in [0.4, 0.5) is 4.39 Å². The Kier molecular flexibility index (Phi) is 4.14. The average Bonchev–Trinajstić information content (AvgIpc) is 2.27. The highest BCUT2D eigenvalue weighted by Gasteiger charge is 2.06. The molecular formula is C12H9BrClFN2O. The van der Waals surface area contributed by atoms with Gasteiger partial charge in [-0.1, -0.05) is 15.9 Å². The van der Waals surface area contributed by atoms with E-state index in [1.54, 1.807) is 12.3 Å². The van der Waals surface area contributed by atoms with E-state index in [0.29, 0.717) is 16.1 Å². The SMILES string of the molecule is Cc1nc(Oc2cc(F)cc(Br)c2)ncc1CCl. The van der Waals surface area contributed by atoms with Gasteiger partial charge in [0.05, 0.1) is 5.88 Å². The van der Waals surface area contributed by atoms with Crippen molar-refractivity contribution < 1.29 is 9.13 Å². The molecule has 0 bridgehead atoms. The zero-order valence-corrected chi connectivity index (χ0v) is 11.8. The fourth-order valence-corrected chi connectivity index (χ4v) is 2.05. The zero-order valence-electron chi connectivity index (χ0n) is 9.45. The number of alkyl halides is 1. The van der Waals surface area contributed by atoms with Crippen LogP contribution in [0.1, 0.15) is 11.3 Å². The number of hydrogen-bond donors (Lipinski definition) is 0. The number of aryl methyl sites for hydroxylation is 1. The van der Waals surface area contributed by atoms with E-state index >= 15 is 0 Å². The number of benzene rings is 1. The van der Waals surface area contributed by atoms with Gasteiger partial charge in [0.1, 0.15) is 11.6 Å². The molecule has 1 heterocycles. The van der Waals surface area contributed by atoms with Gasteiger partial charge in [-0.15, -0.1) is 11.6 Å². The Morgan fingerprint density at radius 1 is 1.39 bits per heavy atom. The van der Waals surface area contributed by atoms with Crippen molar-refractivity contribution in [3.8, 4) is 11.8 Å². The van der Waals surface area contributed by atoms with E-state index in [2.05, 4.69) is 25.9 Å². The van der Waals surface area contributed by atoms with E-state index in [-0.39, 0.29) is 6.01 Å². The maximum Gasteiger partial charge on any atom is 0.322 e. The first-order valence-electron chi connectivity index (χ1n) is 5.11. The Labute approximate surface area is 117 Å². The molecule has 1 aromatic carbocycles. The lowest BCUT2D eigenvalue weighted by molar-refractivity contribution is 0.435. The Hall–Kier alpha value is -1.20. The van der Waals surface area contributed by atoms with E-state index in [1.165, 1.54) is 12.1 Å². The maximum absolute atomic E-state index is 13.2. The minimum Gasteiger partial charge on any atom is -0.424 e.